The van der Waals surface area contributed by atoms with Gasteiger partial charge in [0, 0.05) is 107 Å². The third kappa shape index (κ3) is 28.6. The number of hydrogen-bond acceptors (Lipinski definition) is 18. The summed E-state index contributed by atoms with van der Waals surface area (Å²) in [7, 11) is 0. The molecule has 0 fully saturated rings. The SMILES string of the molecule is CCCC(C)(C)C(C)(C)NC(=O)c1cc(CC)on1.CCCC(C)(C)C(C)(C)NC(=O)c1noc(CC)c1C.CCCC(C)(CC)C(C)(C)NC(=O)c1cc(CC)on1.CCCC(C)(CC)C(C)(C)NC(=O)c1noc(CC)c1C.CCc1cc(C(=O)NC(C)(C)C(CC)(CC)CC)no1.CCc1onc(C(=O)NC(C)(C)C(CC)(CC)CC)c1C. The molecule has 24 nitrogen and oxygen atoms in total. The first-order chi connectivity index (χ1) is 56.0. The first-order valence-electron chi connectivity index (χ1n) is 45.7. The maximum atomic E-state index is 12.6. The van der Waals surface area contributed by atoms with Crippen molar-refractivity contribution in [1.29, 1.82) is 0 Å². The molecule has 6 amide bonds. The van der Waals surface area contributed by atoms with Gasteiger partial charge in [0.25, 0.3) is 35.4 Å². The molecule has 690 valence electrons. The van der Waals surface area contributed by atoms with Crippen LogP contribution in [0.25, 0.3) is 0 Å². The molecule has 2 unspecified atom stereocenters. The molecule has 0 saturated heterocycles. The molecule has 6 heterocycles. The molecule has 24 heteroatoms. The van der Waals surface area contributed by atoms with Gasteiger partial charge in [0.05, 0.1) is 0 Å². The summed E-state index contributed by atoms with van der Waals surface area (Å²) in [5, 5.41) is 42.1. The molecule has 0 aromatic carbocycles. The Kier molecular flexibility index (Phi) is 43.9. The van der Waals surface area contributed by atoms with Crippen LogP contribution in [0.15, 0.2) is 45.3 Å². The number of aryl methyl sites for hydroxylation is 6. The number of rotatable bonds is 40. The average molecular weight is 1700 g/mol. The van der Waals surface area contributed by atoms with Crippen LogP contribution in [0.2, 0.25) is 0 Å². The minimum Gasteiger partial charge on any atom is -0.361 e. The van der Waals surface area contributed by atoms with Gasteiger partial charge < -0.3 is 59.0 Å². The minimum atomic E-state index is -0.308. The second-order valence-corrected chi connectivity index (χ2v) is 38.1. The second kappa shape index (κ2) is 47.8. The molecule has 2 atom stereocenters. The van der Waals surface area contributed by atoms with E-state index in [9.17, 15) is 28.8 Å². The van der Waals surface area contributed by atoms with Gasteiger partial charge in [0.2, 0.25) is 0 Å². The fourth-order valence-electron chi connectivity index (χ4n) is 16.5. The van der Waals surface area contributed by atoms with Crippen LogP contribution in [0.4, 0.5) is 0 Å². The van der Waals surface area contributed by atoms with Crippen molar-refractivity contribution in [1.82, 2.24) is 62.8 Å². The molecule has 0 spiro atoms. The molecule has 6 aromatic rings. The molecular weight excluding hydrogens is 1530 g/mol. The van der Waals surface area contributed by atoms with Crippen molar-refractivity contribution in [2.24, 2.45) is 32.5 Å². The minimum absolute atomic E-state index is 0.0165. The number of aromatic nitrogens is 6. The zero-order valence-electron chi connectivity index (χ0n) is 83.4. The summed E-state index contributed by atoms with van der Waals surface area (Å²) in [5.41, 5.74) is 3.44. The Hall–Kier alpha value is -7.92. The van der Waals surface area contributed by atoms with Crippen molar-refractivity contribution in [3.63, 3.8) is 0 Å². The van der Waals surface area contributed by atoms with Gasteiger partial charge in [0.15, 0.2) is 34.2 Å². The Morgan fingerprint density at radius 2 is 0.479 bits per heavy atom. The highest BCUT2D eigenvalue weighted by Gasteiger charge is 2.47. The first-order valence-corrected chi connectivity index (χ1v) is 45.7. The topological polar surface area (TPSA) is 331 Å². The van der Waals surface area contributed by atoms with Crippen LogP contribution in [0.1, 0.15) is 466 Å². The zero-order chi connectivity index (χ0) is 93.5. The third-order valence-corrected chi connectivity index (χ3v) is 28.7. The van der Waals surface area contributed by atoms with Crippen molar-refractivity contribution >= 4 is 35.4 Å². The van der Waals surface area contributed by atoms with Crippen LogP contribution in [-0.4, -0.2) is 99.6 Å². The molecule has 121 heavy (non-hydrogen) atoms. The molecular formula is C97H170N12O12. The summed E-state index contributed by atoms with van der Waals surface area (Å²) in [6.45, 7) is 82.0. The Balaban J connectivity index is 0.000000726. The lowest BCUT2D eigenvalue weighted by Gasteiger charge is -2.46. The van der Waals surface area contributed by atoms with Gasteiger partial charge >= 0.3 is 0 Å². The quantitative estimate of drug-likeness (QED) is 0.0208. The lowest BCUT2D eigenvalue weighted by molar-refractivity contribution is 0.0652. The molecule has 6 aromatic heterocycles. The molecule has 6 N–H and O–H groups in total. The van der Waals surface area contributed by atoms with Crippen LogP contribution in [0, 0.1) is 53.3 Å². The normalized spacial score (nSPS) is 13.3. The van der Waals surface area contributed by atoms with Crippen molar-refractivity contribution in [3.05, 3.63) is 104 Å². The lowest BCUT2D eigenvalue weighted by Crippen LogP contribution is -2.55. The van der Waals surface area contributed by atoms with Gasteiger partial charge in [-0.25, -0.2) is 0 Å². The predicted octanol–water partition coefficient (Wildman–Crippen LogP) is 23.9. The van der Waals surface area contributed by atoms with E-state index >= 15 is 0 Å². The van der Waals surface area contributed by atoms with E-state index in [0.29, 0.717) is 34.2 Å². The van der Waals surface area contributed by atoms with Crippen molar-refractivity contribution in [2.45, 2.75) is 445 Å². The molecule has 0 aliphatic carbocycles. The van der Waals surface area contributed by atoms with E-state index < -0.39 is 0 Å². The largest absolute Gasteiger partial charge is 0.361 e. The fraction of sp³-hybridized carbons (Fsp3) is 0.753. The number of nitrogens with zero attached hydrogens (tertiary/aromatic N) is 6. The van der Waals surface area contributed by atoms with Crippen LogP contribution in [-0.2, 0) is 38.5 Å². The van der Waals surface area contributed by atoms with E-state index in [1.54, 1.807) is 18.2 Å². The van der Waals surface area contributed by atoms with Crippen molar-refractivity contribution < 1.29 is 55.9 Å². The van der Waals surface area contributed by atoms with E-state index in [4.69, 9.17) is 27.1 Å². The predicted molar refractivity (Wildman–Crippen MR) is 489 cm³/mol. The number of nitrogens with one attached hydrogen (secondary N) is 6. The highest BCUT2D eigenvalue weighted by Crippen LogP contribution is 2.45. The highest BCUT2D eigenvalue weighted by molar-refractivity contribution is 5.96. The second-order valence-electron chi connectivity index (χ2n) is 38.1. The fourth-order valence-corrected chi connectivity index (χ4v) is 16.5. The zero-order valence-corrected chi connectivity index (χ0v) is 83.4. The van der Waals surface area contributed by atoms with Crippen LogP contribution in [0.3, 0.4) is 0 Å². The van der Waals surface area contributed by atoms with Gasteiger partial charge in [-0.05, 0) is 213 Å². The van der Waals surface area contributed by atoms with Crippen molar-refractivity contribution in [3.8, 4) is 0 Å². The van der Waals surface area contributed by atoms with Crippen LogP contribution < -0.4 is 31.9 Å². The number of amides is 6. The van der Waals surface area contributed by atoms with Crippen molar-refractivity contribution in [2.75, 3.05) is 0 Å². The highest BCUT2D eigenvalue weighted by atomic mass is 16.5. The Labute approximate surface area is 731 Å². The van der Waals surface area contributed by atoms with Crippen LogP contribution >= 0.6 is 0 Å². The number of hydrogen-bond donors (Lipinski definition) is 6. The molecule has 0 bridgehead atoms. The number of carbonyl (C=O) groups is 6. The van der Waals surface area contributed by atoms with Gasteiger partial charge in [0.1, 0.15) is 34.6 Å². The molecule has 0 aliphatic rings. The average Bonchev–Trinajstić information content (AvgIpc) is 1.31. The maximum absolute atomic E-state index is 12.6. The molecule has 0 radical (unpaired) electrons. The summed E-state index contributed by atoms with van der Waals surface area (Å²) in [6, 6.07) is 5.14. The van der Waals surface area contributed by atoms with Gasteiger partial charge in [-0.1, -0.05) is 223 Å². The summed E-state index contributed by atoms with van der Waals surface area (Å²) >= 11 is 0. The smallest absolute Gasteiger partial charge is 0.274 e. The standard InChI is InChI=1S/2C17H30N2O2.3C16H28N2O2.C15H26N2O2/c1-8-11-17(7,10-3)16(5,6)18-15(20)14-12(4)13(9-2)21-19-14;1-8-13-12(5)14(19-21-13)15(20)18-16(6,7)17(9-2,10-3)11-4;1-8-10-15(4,5)16(6,7)17-14(19)13-11(3)12(9-2)20-18-13;1-7-10-16(6,9-3)15(4,5)17-14(19)13-11-12(8-2)20-18-13;1-7-12-11-13(18-20-12)14(19)17-15(5,6)16(8-2,9-3)10-4;1-7-9-14(3,4)15(5,6)16-13(18)12-10-11(8-2)19-17-12/h2*8-11H2,1-7H3,(H,18,20);8-10H2,1-7H3,(H,17,19);2*11H,7-10H2,1-6H3,(H,17,19);10H,7-9H2,1-6H3,(H,16,18). The van der Waals surface area contributed by atoms with E-state index in [1.807, 2.05) is 62.3 Å². The van der Waals surface area contributed by atoms with Gasteiger partial charge in [-0.2, -0.15) is 0 Å². The van der Waals surface area contributed by atoms with E-state index in [2.05, 4.69) is 271 Å². The number of carbonyl (C=O) groups excluding carboxylic acids is 6. The summed E-state index contributed by atoms with van der Waals surface area (Å²) in [5.74, 6) is 3.63. The van der Waals surface area contributed by atoms with Gasteiger partial charge in [-0.15, -0.1) is 0 Å². The lowest BCUT2D eigenvalue weighted by atomic mass is 9.66. The Bertz CT molecular complexity index is 4100. The third-order valence-electron chi connectivity index (χ3n) is 28.7. The Morgan fingerprint density at radius 3 is 0.678 bits per heavy atom. The summed E-state index contributed by atoms with van der Waals surface area (Å²) in [6.07, 6.45) is 21.4. The van der Waals surface area contributed by atoms with E-state index in [1.165, 1.54) is 0 Å². The van der Waals surface area contributed by atoms with Gasteiger partial charge in [-0.3, -0.25) is 28.8 Å². The van der Waals surface area contributed by atoms with E-state index in [0.717, 1.165) is 193 Å². The first kappa shape index (κ1) is 111. The molecule has 0 saturated carbocycles. The summed E-state index contributed by atoms with van der Waals surface area (Å²) < 4.78 is 30.9. The monoisotopic (exact) mass is 1700 g/mol. The summed E-state index contributed by atoms with van der Waals surface area (Å²) in [4.78, 5) is 74.4. The molecule has 6 rings (SSSR count). The Morgan fingerprint density at radius 1 is 0.264 bits per heavy atom. The maximum Gasteiger partial charge on any atom is 0.274 e. The van der Waals surface area contributed by atoms with Crippen LogP contribution in [0.5, 0.6) is 0 Å². The molecule has 0 aliphatic heterocycles. The van der Waals surface area contributed by atoms with E-state index in [-0.39, 0.29) is 101 Å².